The fraction of sp³-hybridized carbons (Fsp3) is 0.438. The molecule has 0 aliphatic rings. The molecule has 2 amide bonds. The zero-order valence-electron chi connectivity index (χ0n) is 12.6. The van der Waals surface area contributed by atoms with Crippen molar-refractivity contribution in [3.63, 3.8) is 0 Å². The zero-order chi connectivity index (χ0) is 16.6. The molecule has 0 saturated carbocycles. The molecule has 6 heteroatoms. The lowest BCUT2D eigenvalue weighted by Crippen LogP contribution is -2.36. The topological polar surface area (TPSA) is 41.1 Å². The molecule has 0 heterocycles. The summed E-state index contributed by atoms with van der Waals surface area (Å²) in [6, 6.07) is 4.43. The van der Waals surface area contributed by atoms with E-state index in [1.165, 1.54) is 12.1 Å². The Balaban J connectivity index is 2.43. The smallest absolute Gasteiger partial charge is 0.338 e. The van der Waals surface area contributed by atoms with Crippen LogP contribution in [0.25, 0.3) is 0 Å². The monoisotopic (exact) mass is 312 g/mol. The summed E-state index contributed by atoms with van der Waals surface area (Å²) in [4.78, 5) is 11.4. The molecule has 0 atom stereocenters. The van der Waals surface area contributed by atoms with Gasteiger partial charge in [-0.05, 0) is 30.5 Å². The first-order valence-electron chi connectivity index (χ1n) is 6.97. The molecular weight excluding hydrogens is 293 g/mol. The number of hydrogen-bond acceptors (Lipinski definition) is 1. The number of carbonyl (C=O) groups is 1. The Bertz CT molecular complexity index is 556. The Hall–Kier alpha value is -2.16. The van der Waals surface area contributed by atoms with E-state index in [-0.39, 0.29) is 18.1 Å². The molecule has 2 N–H and O–H groups in total. The van der Waals surface area contributed by atoms with E-state index in [1.54, 1.807) is 0 Å². The minimum Gasteiger partial charge on any atom is -0.338 e. The van der Waals surface area contributed by atoms with Crippen LogP contribution in [-0.4, -0.2) is 19.1 Å². The molecule has 0 saturated heterocycles. The van der Waals surface area contributed by atoms with Crippen LogP contribution in [0.3, 0.4) is 0 Å². The summed E-state index contributed by atoms with van der Waals surface area (Å²) in [5, 5.41) is 5.20. The van der Waals surface area contributed by atoms with Crippen LogP contribution in [0.4, 0.5) is 18.0 Å². The van der Waals surface area contributed by atoms with E-state index in [1.807, 2.05) is 0 Å². The third-order valence-corrected chi connectivity index (χ3v) is 2.77. The minimum absolute atomic E-state index is 0.0732. The highest BCUT2D eigenvalue weighted by Crippen LogP contribution is 2.29. The van der Waals surface area contributed by atoms with Gasteiger partial charge in [0.05, 0.1) is 12.1 Å². The molecule has 0 fully saturated rings. The van der Waals surface area contributed by atoms with Crippen LogP contribution < -0.4 is 10.6 Å². The number of benzene rings is 1. The number of carbonyl (C=O) groups excluding carboxylic acids is 1. The van der Waals surface area contributed by atoms with Crippen molar-refractivity contribution in [2.24, 2.45) is 5.92 Å². The van der Waals surface area contributed by atoms with E-state index in [0.717, 1.165) is 18.6 Å². The van der Waals surface area contributed by atoms with Gasteiger partial charge >= 0.3 is 12.2 Å². The van der Waals surface area contributed by atoms with Crippen molar-refractivity contribution in [2.45, 2.75) is 26.4 Å². The van der Waals surface area contributed by atoms with Crippen LogP contribution in [0.2, 0.25) is 0 Å². The van der Waals surface area contributed by atoms with Crippen LogP contribution >= 0.6 is 0 Å². The van der Waals surface area contributed by atoms with Gasteiger partial charge in [0.25, 0.3) is 0 Å². The summed E-state index contributed by atoms with van der Waals surface area (Å²) in [7, 11) is 0. The van der Waals surface area contributed by atoms with Crippen molar-refractivity contribution >= 4 is 6.03 Å². The third kappa shape index (κ3) is 7.02. The number of halogens is 3. The second-order valence-corrected chi connectivity index (χ2v) is 5.17. The highest BCUT2D eigenvalue weighted by molar-refractivity contribution is 5.74. The summed E-state index contributed by atoms with van der Waals surface area (Å²) in [6.45, 7) is 4.76. The SMILES string of the molecule is CC(C)CCNC(=O)NCC#Cc1cccc(C(F)(F)F)c1. The molecular formula is C16H19F3N2O. The second kappa shape index (κ2) is 8.32. The van der Waals surface area contributed by atoms with Gasteiger partial charge in [-0.2, -0.15) is 13.2 Å². The maximum Gasteiger partial charge on any atom is 0.416 e. The molecule has 0 spiro atoms. The molecule has 120 valence electrons. The highest BCUT2D eigenvalue weighted by atomic mass is 19.4. The van der Waals surface area contributed by atoms with Gasteiger partial charge in [-0.25, -0.2) is 4.79 Å². The van der Waals surface area contributed by atoms with Crippen molar-refractivity contribution in [1.82, 2.24) is 10.6 Å². The summed E-state index contributed by atoms with van der Waals surface area (Å²) in [5.74, 6) is 5.72. The van der Waals surface area contributed by atoms with Gasteiger partial charge in [-0.3, -0.25) is 0 Å². The third-order valence-electron chi connectivity index (χ3n) is 2.77. The number of alkyl halides is 3. The van der Waals surface area contributed by atoms with Gasteiger partial charge in [0, 0.05) is 12.1 Å². The molecule has 3 nitrogen and oxygen atoms in total. The Morgan fingerprint density at radius 3 is 2.64 bits per heavy atom. The van der Waals surface area contributed by atoms with Crippen LogP contribution in [0.1, 0.15) is 31.4 Å². The summed E-state index contributed by atoms with van der Waals surface area (Å²) >= 11 is 0. The average molecular weight is 312 g/mol. The molecule has 0 aromatic heterocycles. The van der Waals surface area contributed by atoms with E-state index in [9.17, 15) is 18.0 Å². The number of rotatable bonds is 4. The van der Waals surface area contributed by atoms with Gasteiger partial charge in [0.1, 0.15) is 0 Å². The Morgan fingerprint density at radius 2 is 2.00 bits per heavy atom. The van der Waals surface area contributed by atoms with Gasteiger partial charge in [0.15, 0.2) is 0 Å². The first-order valence-corrected chi connectivity index (χ1v) is 6.97. The lowest BCUT2D eigenvalue weighted by molar-refractivity contribution is -0.137. The molecule has 1 aromatic carbocycles. The van der Waals surface area contributed by atoms with Gasteiger partial charge in [-0.1, -0.05) is 31.8 Å². The Morgan fingerprint density at radius 1 is 1.27 bits per heavy atom. The Kier molecular flexibility index (Phi) is 6.77. The first-order chi connectivity index (χ1) is 10.3. The van der Waals surface area contributed by atoms with Gasteiger partial charge in [0.2, 0.25) is 0 Å². The predicted molar refractivity (Wildman–Crippen MR) is 79.2 cm³/mol. The van der Waals surface area contributed by atoms with Crippen molar-refractivity contribution in [1.29, 1.82) is 0 Å². The van der Waals surface area contributed by atoms with Crippen molar-refractivity contribution in [3.05, 3.63) is 35.4 Å². The van der Waals surface area contributed by atoms with Crippen LogP contribution in [-0.2, 0) is 6.18 Å². The van der Waals surface area contributed by atoms with Crippen molar-refractivity contribution in [3.8, 4) is 11.8 Å². The molecule has 0 aliphatic carbocycles. The highest BCUT2D eigenvalue weighted by Gasteiger charge is 2.30. The number of hydrogen-bond donors (Lipinski definition) is 2. The molecule has 0 aliphatic heterocycles. The number of nitrogens with one attached hydrogen (secondary N) is 2. The minimum atomic E-state index is -4.38. The average Bonchev–Trinajstić information content (AvgIpc) is 2.42. The van der Waals surface area contributed by atoms with Crippen LogP contribution in [0, 0.1) is 17.8 Å². The van der Waals surface area contributed by atoms with E-state index < -0.39 is 11.7 Å². The number of amides is 2. The maximum atomic E-state index is 12.5. The van der Waals surface area contributed by atoms with E-state index in [4.69, 9.17) is 0 Å². The molecule has 1 rings (SSSR count). The number of urea groups is 1. The largest absolute Gasteiger partial charge is 0.416 e. The van der Waals surface area contributed by atoms with Gasteiger partial charge in [-0.15, -0.1) is 0 Å². The van der Waals surface area contributed by atoms with Crippen molar-refractivity contribution in [2.75, 3.05) is 13.1 Å². The van der Waals surface area contributed by atoms with Crippen LogP contribution in [0.15, 0.2) is 24.3 Å². The lowest BCUT2D eigenvalue weighted by Gasteiger charge is -2.07. The Labute approximate surface area is 128 Å². The molecule has 22 heavy (non-hydrogen) atoms. The predicted octanol–water partition coefficient (Wildman–Crippen LogP) is 3.40. The van der Waals surface area contributed by atoms with Crippen molar-refractivity contribution < 1.29 is 18.0 Å². The normalized spacial score (nSPS) is 10.8. The zero-order valence-corrected chi connectivity index (χ0v) is 12.6. The summed E-state index contributed by atoms with van der Waals surface area (Å²) in [5.41, 5.74) is -0.476. The first kappa shape index (κ1) is 17.9. The lowest BCUT2D eigenvalue weighted by atomic mass is 10.1. The van der Waals surface area contributed by atoms with E-state index >= 15 is 0 Å². The maximum absolute atomic E-state index is 12.5. The molecule has 1 aromatic rings. The van der Waals surface area contributed by atoms with Gasteiger partial charge < -0.3 is 10.6 Å². The molecule has 0 bridgehead atoms. The molecule has 0 unspecified atom stereocenters. The standard InChI is InChI=1S/C16H19F3N2O/c1-12(2)8-10-21-15(22)20-9-4-6-13-5-3-7-14(11-13)16(17,18)19/h3,5,7,11-12H,8-10H2,1-2H3,(H2,20,21,22). The fourth-order valence-electron chi connectivity index (χ4n) is 1.58. The fourth-order valence-corrected chi connectivity index (χ4v) is 1.58. The summed E-state index contributed by atoms with van der Waals surface area (Å²) < 4.78 is 37.6. The second-order valence-electron chi connectivity index (χ2n) is 5.17. The quantitative estimate of drug-likeness (QED) is 0.822. The van der Waals surface area contributed by atoms with E-state index in [0.29, 0.717) is 12.5 Å². The summed E-state index contributed by atoms with van der Waals surface area (Å²) in [6.07, 6.45) is -3.50. The van der Waals surface area contributed by atoms with E-state index in [2.05, 4.69) is 36.3 Å². The van der Waals surface area contributed by atoms with Crippen LogP contribution in [0.5, 0.6) is 0 Å². The molecule has 0 radical (unpaired) electrons.